The lowest BCUT2D eigenvalue weighted by atomic mass is 10.3. The van der Waals surface area contributed by atoms with Crippen LogP contribution in [0, 0.1) is 0 Å². The van der Waals surface area contributed by atoms with Gasteiger partial charge in [-0.25, -0.2) is 0 Å². The van der Waals surface area contributed by atoms with E-state index in [1.54, 1.807) is 0 Å². The second-order valence-corrected chi connectivity index (χ2v) is 3.56. The Labute approximate surface area is 99.5 Å². The fourth-order valence-corrected chi connectivity index (χ4v) is 1.47. The number of anilines is 1. The maximum absolute atomic E-state index is 5.60. The highest BCUT2D eigenvalue weighted by atomic mass is 16.6. The van der Waals surface area contributed by atoms with Crippen LogP contribution in [0.25, 0.3) is 0 Å². The van der Waals surface area contributed by atoms with Crippen molar-refractivity contribution in [1.29, 1.82) is 0 Å². The highest BCUT2D eigenvalue weighted by molar-refractivity contribution is 5.27. The minimum atomic E-state index is 0.0107. The van der Waals surface area contributed by atoms with E-state index in [4.69, 9.17) is 14.2 Å². The fourth-order valence-electron chi connectivity index (χ4n) is 1.47. The van der Waals surface area contributed by atoms with E-state index in [1.165, 1.54) is 7.11 Å². The number of methoxy groups -OCH3 is 1. The van der Waals surface area contributed by atoms with Crippen LogP contribution in [0.3, 0.4) is 0 Å². The second-order valence-electron chi connectivity index (χ2n) is 3.56. The minimum absolute atomic E-state index is 0.0107. The van der Waals surface area contributed by atoms with Gasteiger partial charge in [0.1, 0.15) is 6.10 Å². The van der Waals surface area contributed by atoms with E-state index in [-0.39, 0.29) is 18.1 Å². The summed E-state index contributed by atoms with van der Waals surface area (Å²) in [5, 5.41) is 2.99. The third-order valence-electron chi connectivity index (χ3n) is 2.27. The molecule has 2 heterocycles. The standard InChI is InChI=1S/C10H16N4O3/c1-3-11-8-12-9(15-2)14-10(13-8)17-7-4-5-16-6-7/h7H,3-6H2,1-2H3,(H,11,12,13,14). The molecule has 1 fully saturated rings. The Morgan fingerprint density at radius 2 is 2.18 bits per heavy atom. The van der Waals surface area contributed by atoms with Crippen molar-refractivity contribution < 1.29 is 14.2 Å². The van der Waals surface area contributed by atoms with Gasteiger partial charge in [-0.1, -0.05) is 0 Å². The Morgan fingerprint density at radius 1 is 1.35 bits per heavy atom. The second kappa shape index (κ2) is 5.62. The van der Waals surface area contributed by atoms with Crippen LogP contribution in [0.15, 0.2) is 0 Å². The molecule has 0 aromatic carbocycles. The Balaban J connectivity index is 2.10. The van der Waals surface area contributed by atoms with E-state index in [1.807, 2.05) is 6.92 Å². The van der Waals surface area contributed by atoms with Crippen molar-refractivity contribution in [3.05, 3.63) is 0 Å². The molecule has 0 amide bonds. The molecule has 94 valence electrons. The monoisotopic (exact) mass is 240 g/mol. The van der Waals surface area contributed by atoms with Gasteiger partial charge in [-0.05, 0) is 6.92 Å². The van der Waals surface area contributed by atoms with Gasteiger partial charge in [-0.3, -0.25) is 0 Å². The van der Waals surface area contributed by atoms with Crippen molar-refractivity contribution in [1.82, 2.24) is 15.0 Å². The summed E-state index contributed by atoms with van der Waals surface area (Å²) in [6.45, 7) is 3.97. The summed E-state index contributed by atoms with van der Waals surface area (Å²) >= 11 is 0. The van der Waals surface area contributed by atoms with E-state index in [0.717, 1.165) is 13.0 Å². The molecular weight excluding hydrogens is 224 g/mol. The Kier molecular flexibility index (Phi) is 3.92. The summed E-state index contributed by atoms with van der Waals surface area (Å²) in [6, 6.07) is 0.508. The minimum Gasteiger partial charge on any atom is -0.467 e. The van der Waals surface area contributed by atoms with E-state index >= 15 is 0 Å². The van der Waals surface area contributed by atoms with Crippen LogP contribution in [-0.2, 0) is 4.74 Å². The normalized spacial score (nSPS) is 19.1. The van der Waals surface area contributed by atoms with Crippen molar-refractivity contribution in [2.24, 2.45) is 0 Å². The third kappa shape index (κ3) is 3.16. The summed E-state index contributed by atoms with van der Waals surface area (Å²) in [5.74, 6) is 0.452. The van der Waals surface area contributed by atoms with E-state index in [2.05, 4.69) is 20.3 Å². The molecule has 1 atom stereocenters. The van der Waals surface area contributed by atoms with Gasteiger partial charge in [0, 0.05) is 13.0 Å². The third-order valence-corrected chi connectivity index (χ3v) is 2.27. The SMILES string of the molecule is CCNc1nc(OC)nc(OC2CCOC2)n1. The van der Waals surface area contributed by atoms with Crippen LogP contribution < -0.4 is 14.8 Å². The first kappa shape index (κ1) is 11.8. The first-order valence-corrected chi connectivity index (χ1v) is 5.60. The number of rotatable bonds is 5. The van der Waals surface area contributed by atoms with Gasteiger partial charge in [-0.15, -0.1) is 4.98 Å². The molecule has 0 aliphatic carbocycles. The molecule has 2 rings (SSSR count). The van der Waals surface area contributed by atoms with Gasteiger partial charge in [0.2, 0.25) is 5.95 Å². The van der Waals surface area contributed by atoms with Gasteiger partial charge in [-0.2, -0.15) is 9.97 Å². The van der Waals surface area contributed by atoms with Crippen LogP contribution in [0.1, 0.15) is 13.3 Å². The van der Waals surface area contributed by atoms with Gasteiger partial charge in [0.25, 0.3) is 0 Å². The van der Waals surface area contributed by atoms with Crippen molar-refractivity contribution in [2.75, 3.05) is 32.2 Å². The zero-order chi connectivity index (χ0) is 12.1. The molecule has 1 aromatic heterocycles. The summed E-state index contributed by atoms with van der Waals surface area (Å²) in [4.78, 5) is 12.2. The molecule has 1 saturated heterocycles. The molecule has 1 aliphatic heterocycles. The molecule has 7 heteroatoms. The molecule has 1 aromatic rings. The Morgan fingerprint density at radius 3 is 2.82 bits per heavy atom. The van der Waals surface area contributed by atoms with Gasteiger partial charge in [0.15, 0.2) is 0 Å². The number of nitrogens with zero attached hydrogens (tertiary/aromatic N) is 3. The number of hydrogen-bond acceptors (Lipinski definition) is 7. The zero-order valence-electron chi connectivity index (χ0n) is 9.97. The summed E-state index contributed by atoms with van der Waals surface area (Å²) in [6.07, 6.45) is 0.862. The largest absolute Gasteiger partial charge is 0.467 e. The van der Waals surface area contributed by atoms with Gasteiger partial charge in [0.05, 0.1) is 20.3 Å². The van der Waals surface area contributed by atoms with E-state index < -0.39 is 0 Å². The molecule has 0 radical (unpaired) electrons. The first-order valence-electron chi connectivity index (χ1n) is 5.60. The van der Waals surface area contributed by atoms with Crippen LogP contribution in [0.5, 0.6) is 12.0 Å². The molecule has 1 N–H and O–H groups in total. The zero-order valence-corrected chi connectivity index (χ0v) is 9.97. The lowest BCUT2D eigenvalue weighted by Crippen LogP contribution is -2.18. The topological polar surface area (TPSA) is 78.4 Å². The van der Waals surface area contributed by atoms with Crippen LogP contribution in [0.4, 0.5) is 5.95 Å². The van der Waals surface area contributed by atoms with Gasteiger partial charge < -0.3 is 19.5 Å². The molecule has 0 spiro atoms. The molecule has 1 unspecified atom stereocenters. The van der Waals surface area contributed by atoms with Crippen molar-refractivity contribution in [3.8, 4) is 12.0 Å². The fraction of sp³-hybridized carbons (Fsp3) is 0.700. The number of hydrogen-bond donors (Lipinski definition) is 1. The number of nitrogens with one attached hydrogen (secondary N) is 1. The Hall–Kier alpha value is -1.63. The summed E-state index contributed by atoms with van der Waals surface area (Å²) in [7, 11) is 1.51. The van der Waals surface area contributed by atoms with Crippen LogP contribution in [-0.4, -0.2) is 47.9 Å². The van der Waals surface area contributed by atoms with Gasteiger partial charge >= 0.3 is 12.0 Å². The molecular formula is C10H16N4O3. The predicted molar refractivity (Wildman–Crippen MR) is 60.4 cm³/mol. The quantitative estimate of drug-likeness (QED) is 0.801. The first-order chi connectivity index (χ1) is 8.31. The van der Waals surface area contributed by atoms with E-state index in [9.17, 15) is 0 Å². The maximum atomic E-state index is 5.60. The smallest absolute Gasteiger partial charge is 0.324 e. The van der Waals surface area contributed by atoms with Crippen molar-refractivity contribution in [3.63, 3.8) is 0 Å². The average Bonchev–Trinajstić information content (AvgIpc) is 2.82. The molecule has 1 aliphatic rings. The number of aromatic nitrogens is 3. The molecule has 7 nitrogen and oxygen atoms in total. The summed E-state index contributed by atoms with van der Waals surface area (Å²) < 4.78 is 15.8. The average molecular weight is 240 g/mol. The molecule has 0 saturated carbocycles. The van der Waals surface area contributed by atoms with Crippen molar-refractivity contribution >= 4 is 5.95 Å². The highest BCUT2D eigenvalue weighted by Crippen LogP contribution is 2.16. The maximum Gasteiger partial charge on any atom is 0.324 e. The van der Waals surface area contributed by atoms with Crippen LogP contribution in [0.2, 0.25) is 0 Å². The number of ether oxygens (including phenoxy) is 3. The van der Waals surface area contributed by atoms with E-state index in [0.29, 0.717) is 19.2 Å². The summed E-state index contributed by atoms with van der Waals surface area (Å²) in [5.41, 5.74) is 0. The Bertz CT molecular complexity index is 369. The molecule has 0 bridgehead atoms. The predicted octanol–water partition coefficient (Wildman–Crippen LogP) is 0.480. The van der Waals surface area contributed by atoms with Crippen LogP contribution >= 0.6 is 0 Å². The lowest BCUT2D eigenvalue weighted by molar-refractivity contribution is 0.133. The lowest BCUT2D eigenvalue weighted by Gasteiger charge is -2.11. The highest BCUT2D eigenvalue weighted by Gasteiger charge is 2.19. The van der Waals surface area contributed by atoms with Crippen molar-refractivity contribution in [2.45, 2.75) is 19.4 Å². The molecule has 17 heavy (non-hydrogen) atoms.